The van der Waals surface area contributed by atoms with Crippen LogP contribution in [0, 0.1) is 0 Å². The van der Waals surface area contributed by atoms with Crippen LogP contribution in [0.5, 0.6) is 5.75 Å². The first kappa shape index (κ1) is 16.9. The van der Waals surface area contributed by atoms with E-state index >= 15 is 0 Å². The molecule has 0 saturated carbocycles. The van der Waals surface area contributed by atoms with Crippen LogP contribution in [0.1, 0.15) is 5.69 Å². The van der Waals surface area contributed by atoms with Crippen LogP contribution in [0.25, 0.3) is 10.6 Å². The van der Waals surface area contributed by atoms with Crippen LogP contribution in [0.4, 0.5) is 0 Å². The van der Waals surface area contributed by atoms with Gasteiger partial charge in [-0.3, -0.25) is 4.90 Å². The lowest BCUT2D eigenvalue weighted by atomic mass is 10.2. The number of rotatable bonds is 8. The molecule has 0 bridgehead atoms. The van der Waals surface area contributed by atoms with Crippen molar-refractivity contribution in [3.05, 3.63) is 35.3 Å². The lowest BCUT2D eigenvalue weighted by Crippen LogP contribution is -2.31. The van der Waals surface area contributed by atoms with Gasteiger partial charge in [0.2, 0.25) is 0 Å². The minimum Gasteiger partial charge on any atom is -0.497 e. The summed E-state index contributed by atoms with van der Waals surface area (Å²) in [6.45, 7) is 1.59. The van der Waals surface area contributed by atoms with Gasteiger partial charge < -0.3 is 14.6 Å². The lowest BCUT2D eigenvalue weighted by molar-refractivity contribution is 0.0417. The Morgan fingerprint density at radius 1 is 1.36 bits per heavy atom. The Morgan fingerprint density at radius 2 is 2.18 bits per heavy atom. The number of ether oxygens (including phenoxy) is 2. The number of aliphatic hydroxyl groups is 1. The van der Waals surface area contributed by atoms with Crippen molar-refractivity contribution in [1.82, 2.24) is 9.88 Å². The Kier molecular flexibility index (Phi) is 6.33. The van der Waals surface area contributed by atoms with Gasteiger partial charge in [0.1, 0.15) is 10.8 Å². The molecule has 1 atom stereocenters. The van der Waals surface area contributed by atoms with Crippen molar-refractivity contribution in [2.75, 3.05) is 34.4 Å². The number of hydrogen-bond acceptors (Lipinski definition) is 6. The van der Waals surface area contributed by atoms with Gasteiger partial charge in [-0.25, -0.2) is 4.98 Å². The van der Waals surface area contributed by atoms with Crippen LogP contribution in [0.3, 0.4) is 0 Å². The fraction of sp³-hybridized carbons (Fsp3) is 0.438. The predicted octanol–water partition coefficient (Wildman–Crippen LogP) is 2.26. The van der Waals surface area contributed by atoms with Crippen LogP contribution in [-0.4, -0.2) is 55.5 Å². The van der Waals surface area contributed by atoms with Crippen molar-refractivity contribution in [3.63, 3.8) is 0 Å². The average molecular weight is 322 g/mol. The van der Waals surface area contributed by atoms with Gasteiger partial charge in [-0.2, -0.15) is 0 Å². The molecule has 0 aliphatic heterocycles. The third-order valence-corrected chi connectivity index (χ3v) is 4.12. The second-order valence-electron chi connectivity index (χ2n) is 5.18. The summed E-state index contributed by atoms with van der Waals surface area (Å²) in [5.74, 6) is 0.828. The number of thiazole rings is 1. The van der Waals surface area contributed by atoms with E-state index in [2.05, 4.69) is 4.98 Å². The zero-order valence-corrected chi connectivity index (χ0v) is 14.0. The number of nitrogens with zero attached hydrogens (tertiary/aromatic N) is 2. The molecular weight excluding hydrogens is 300 g/mol. The molecule has 1 aromatic carbocycles. The number of likely N-dealkylation sites (N-methyl/N-ethyl adjacent to an activating group) is 1. The second-order valence-corrected chi connectivity index (χ2v) is 6.04. The summed E-state index contributed by atoms with van der Waals surface area (Å²) < 4.78 is 10.2. The molecule has 0 radical (unpaired) electrons. The van der Waals surface area contributed by atoms with Crippen LogP contribution >= 0.6 is 11.3 Å². The van der Waals surface area contributed by atoms with E-state index in [1.165, 1.54) is 0 Å². The summed E-state index contributed by atoms with van der Waals surface area (Å²) in [7, 11) is 5.21. The number of benzene rings is 1. The number of aromatic nitrogens is 1. The quantitative estimate of drug-likeness (QED) is 0.808. The SMILES string of the molecule is COCC(O)CN(C)Cc1csc(-c2cccc(OC)c2)n1. The van der Waals surface area contributed by atoms with E-state index in [1.807, 2.05) is 41.6 Å². The highest BCUT2D eigenvalue weighted by Gasteiger charge is 2.11. The first-order valence-electron chi connectivity index (χ1n) is 7.06. The Labute approximate surface area is 135 Å². The smallest absolute Gasteiger partial charge is 0.123 e. The number of aliphatic hydroxyl groups excluding tert-OH is 1. The molecule has 0 aliphatic carbocycles. The zero-order valence-electron chi connectivity index (χ0n) is 13.2. The van der Waals surface area contributed by atoms with Gasteiger partial charge in [0, 0.05) is 31.1 Å². The molecule has 5 nitrogen and oxygen atoms in total. The molecule has 1 aromatic heterocycles. The Bertz CT molecular complexity index is 588. The standard InChI is InChI=1S/C16H22N2O3S/c1-18(9-14(19)10-20-2)8-13-11-22-16(17-13)12-5-4-6-15(7-12)21-3/h4-7,11,14,19H,8-10H2,1-3H3. The summed E-state index contributed by atoms with van der Waals surface area (Å²) >= 11 is 1.61. The molecule has 2 aromatic rings. The first-order valence-corrected chi connectivity index (χ1v) is 7.94. The van der Waals surface area contributed by atoms with Gasteiger partial charge in [-0.15, -0.1) is 11.3 Å². The summed E-state index contributed by atoms with van der Waals surface area (Å²) in [5.41, 5.74) is 2.05. The Morgan fingerprint density at radius 3 is 2.91 bits per heavy atom. The van der Waals surface area contributed by atoms with Crippen LogP contribution in [0.15, 0.2) is 29.6 Å². The highest BCUT2D eigenvalue weighted by atomic mass is 32.1. The van der Waals surface area contributed by atoms with Crippen LogP contribution in [-0.2, 0) is 11.3 Å². The molecular formula is C16H22N2O3S. The minimum atomic E-state index is -0.480. The maximum atomic E-state index is 9.74. The molecule has 0 aliphatic rings. The third kappa shape index (κ3) is 4.78. The molecule has 0 amide bonds. The molecule has 0 saturated heterocycles. The Hall–Kier alpha value is -1.47. The number of methoxy groups -OCH3 is 2. The van der Waals surface area contributed by atoms with Crippen molar-refractivity contribution < 1.29 is 14.6 Å². The molecule has 22 heavy (non-hydrogen) atoms. The van der Waals surface area contributed by atoms with Gasteiger partial charge in [0.15, 0.2) is 0 Å². The summed E-state index contributed by atoms with van der Waals surface area (Å²) in [5, 5.41) is 12.8. The topological polar surface area (TPSA) is 54.8 Å². The fourth-order valence-corrected chi connectivity index (χ4v) is 3.02. The first-order chi connectivity index (χ1) is 10.6. The van der Waals surface area contributed by atoms with E-state index in [-0.39, 0.29) is 0 Å². The van der Waals surface area contributed by atoms with Gasteiger partial charge in [-0.05, 0) is 19.2 Å². The molecule has 1 N–H and O–H groups in total. The molecule has 2 rings (SSSR count). The molecule has 1 unspecified atom stereocenters. The van der Waals surface area contributed by atoms with E-state index in [4.69, 9.17) is 9.47 Å². The van der Waals surface area contributed by atoms with Gasteiger partial charge >= 0.3 is 0 Å². The molecule has 1 heterocycles. The van der Waals surface area contributed by atoms with E-state index in [0.717, 1.165) is 22.0 Å². The van der Waals surface area contributed by atoms with Crippen molar-refractivity contribution in [2.24, 2.45) is 0 Å². The molecule has 120 valence electrons. The normalized spacial score (nSPS) is 12.6. The molecule has 0 fully saturated rings. The van der Waals surface area contributed by atoms with E-state index < -0.39 is 6.10 Å². The highest BCUT2D eigenvalue weighted by molar-refractivity contribution is 7.13. The fourth-order valence-electron chi connectivity index (χ4n) is 2.21. The molecule has 6 heteroatoms. The van der Waals surface area contributed by atoms with Gasteiger partial charge in [-0.1, -0.05) is 12.1 Å². The monoisotopic (exact) mass is 322 g/mol. The largest absolute Gasteiger partial charge is 0.497 e. The van der Waals surface area contributed by atoms with Crippen LogP contribution in [0.2, 0.25) is 0 Å². The molecule has 0 spiro atoms. The van der Waals surface area contributed by atoms with E-state index in [9.17, 15) is 5.11 Å². The van der Waals surface area contributed by atoms with Crippen molar-refractivity contribution >= 4 is 11.3 Å². The van der Waals surface area contributed by atoms with Gasteiger partial charge in [0.25, 0.3) is 0 Å². The van der Waals surface area contributed by atoms with Crippen LogP contribution < -0.4 is 4.74 Å². The van der Waals surface area contributed by atoms with Crippen molar-refractivity contribution in [2.45, 2.75) is 12.6 Å². The predicted molar refractivity (Wildman–Crippen MR) is 88.3 cm³/mol. The second kappa shape index (κ2) is 8.24. The van der Waals surface area contributed by atoms with Crippen molar-refractivity contribution in [1.29, 1.82) is 0 Å². The Balaban J connectivity index is 1.99. The van der Waals surface area contributed by atoms with E-state index in [1.54, 1.807) is 25.6 Å². The van der Waals surface area contributed by atoms with Gasteiger partial charge in [0.05, 0.1) is 25.5 Å². The third-order valence-electron chi connectivity index (χ3n) is 3.18. The van der Waals surface area contributed by atoms with E-state index in [0.29, 0.717) is 19.7 Å². The number of hydrogen-bond donors (Lipinski definition) is 1. The highest BCUT2D eigenvalue weighted by Crippen LogP contribution is 2.27. The maximum absolute atomic E-state index is 9.74. The van der Waals surface area contributed by atoms with Crippen molar-refractivity contribution in [3.8, 4) is 16.3 Å². The summed E-state index contributed by atoms with van der Waals surface area (Å²) in [6, 6.07) is 7.89. The minimum absolute atomic E-state index is 0.344. The summed E-state index contributed by atoms with van der Waals surface area (Å²) in [4.78, 5) is 6.69. The lowest BCUT2D eigenvalue weighted by Gasteiger charge is -2.18. The maximum Gasteiger partial charge on any atom is 0.123 e. The average Bonchev–Trinajstić information content (AvgIpc) is 2.95. The summed E-state index contributed by atoms with van der Waals surface area (Å²) in [6.07, 6.45) is -0.480. The zero-order chi connectivity index (χ0) is 15.9.